The van der Waals surface area contributed by atoms with Gasteiger partial charge in [-0.3, -0.25) is 0 Å². The van der Waals surface area contributed by atoms with Crippen LogP contribution in [-0.4, -0.2) is 6.04 Å². The van der Waals surface area contributed by atoms with Crippen molar-refractivity contribution in [2.24, 2.45) is 5.73 Å². The molecule has 0 bridgehead atoms. The molecule has 0 saturated heterocycles. The molecule has 2 nitrogen and oxygen atoms in total. The summed E-state index contributed by atoms with van der Waals surface area (Å²) in [4.78, 5) is 0. The molecular formula is C17H19ClFNO. The maximum Gasteiger partial charge on any atom is 0.138 e. The van der Waals surface area contributed by atoms with Crippen LogP contribution in [0.5, 0.6) is 5.75 Å². The van der Waals surface area contributed by atoms with Gasteiger partial charge in [0.2, 0.25) is 0 Å². The molecule has 4 heteroatoms. The Morgan fingerprint density at radius 2 is 1.81 bits per heavy atom. The van der Waals surface area contributed by atoms with Crippen LogP contribution in [0.15, 0.2) is 42.5 Å². The minimum Gasteiger partial charge on any atom is -0.487 e. The molecule has 1 unspecified atom stereocenters. The Balaban J connectivity index is 1.99. The number of ether oxygens (including phenoxy) is 1. The van der Waals surface area contributed by atoms with E-state index in [9.17, 15) is 4.39 Å². The maximum atomic E-state index is 12.8. The summed E-state index contributed by atoms with van der Waals surface area (Å²) in [5, 5.41) is 0.568. The fraction of sp³-hybridized carbons (Fsp3) is 0.294. The zero-order chi connectivity index (χ0) is 15.2. The summed E-state index contributed by atoms with van der Waals surface area (Å²) < 4.78 is 18.5. The highest BCUT2D eigenvalue weighted by molar-refractivity contribution is 6.32. The van der Waals surface area contributed by atoms with Crippen LogP contribution in [0, 0.1) is 5.82 Å². The van der Waals surface area contributed by atoms with Crippen molar-refractivity contribution in [1.29, 1.82) is 0 Å². The van der Waals surface area contributed by atoms with Crippen LogP contribution in [0.2, 0.25) is 5.02 Å². The Labute approximate surface area is 129 Å². The summed E-state index contributed by atoms with van der Waals surface area (Å²) in [5.41, 5.74) is 7.93. The number of halogens is 2. The molecule has 1 atom stereocenters. The quantitative estimate of drug-likeness (QED) is 0.861. The van der Waals surface area contributed by atoms with Gasteiger partial charge in [-0.05, 0) is 48.2 Å². The lowest BCUT2D eigenvalue weighted by Crippen LogP contribution is -2.21. The Bertz CT molecular complexity index is 586. The van der Waals surface area contributed by atoms with Gasteiger partial charge in [-0.15, -0.1) is 0 Å². The first kappa shape index (κ1) is 15.8. The van der Waals surface area contributed by atoms with Crippen molar-refractivity contribution in [1.82, 2.24) is 0 Å². The molecule has 2 rings (SSSR count). The van der Waals surface area contributed by atoms with Crippen LogP contribution < -0.4 is 10.5 Å². The maximum absolute atomic E-state index is 12.8. The highest BCUT2D eigenvalue weighted by Gasteiger charge is 2.06. The first-order valence-corrected chi connectivity index (χ1v) is 7.37. The van der Waals surface area contributed by atoms with Gasteiger partial charge in [0.05, 0.1) is 5.02 Å². The smallest absolute Gasteiger partial charge is 0.138 e. The normalized spacial score (nSPS) is 12.2. The summed E-state index contributed by atoms with van der Waals surface area (Å²) >= 11 is 6.22. The number of hydrogen-bond acceptors (Lipinski definition) is 2. The molecule has 0 amide bonds. The van der Waals surface area contributed by atoms with E-state index in [2.05, 4.69) is 6.92 Å². The average molecular weight is 308 g/mol. The molecule has 0 aliphatic heterocycles. The zero-order valence-corrected chi connectivity index (χ0v) is 12.7. The van der Waals surface area contributed by atoms with E-state index in [4.69, 9.17) is 22.1 Å². The minimum absolute atomic E-state index is 0.145. The molecule has 0 spiro atoms. The van der Waals surface area contributed by atoms with Gasteiger partial charge in [0.1, 0.15) is 18.2 Å². The van der Waals surface area contributed by atoms with Crippen LogP contribution in [0.1, 0.15) is 24.5 Å². The molecule has 0 aliphatic carbocycles. The van der Waals surface area contributed by atoms with Crippen LogP contribution >= 0.6 is 11.6 Å². The van der Waals surface area contributed by atoms with Crippen molar-refractivity contribution in [2.45, 2.75) is 32.4 Å². The fourth-order valence-electron chi connectivity index (χ4n) is 1.98. The zero-order valence-electron chi connectivity index (χ0n) is 12.0. The highest BCUT2D eigenvalue weighted by Crippen LogP contribution is 2.27. The molecular weight excluding hydrogens is 289 g/mol. The lowest BCUT2D eigenvalue weighted by molar-refractivity contribution is 0.306. The first-order chi connectivity index (χ1) is 10.1. The lowest BCUT2D eigenvalue weighted by Gasteiger charge is -2.12. The van der Waals surface area contributed by atoms with Gasteiger partial charge in [-0.2, -0.15) is 0 Å². The summed E-state index contributed by atoms with van der Waals surface area (Å²) in [7, 11) is 0. The van der Waals surface area contributed by atoms with Crippen molar-refractivity contribution < 1.29 is 9.13 Å². The minimum atomic E-state index is -0.256. The number of nitrogens with two attached hydrogens (primary N) is 1. The standard InChI is InChI=1S/C17H19ClFNO/c1-2-15(20)9-13-5-8-17(16(18)10-13)21-11-12-3-6-14(19)7-4-12/h3-8,10,15H,2,9,11,20H2,1H3. The molecule has 0 aromatic heterocycles. The fourth-order valence-corrected chi connectivity index (χ4v) is 2.23. The molecule has 2 N–H and O–H groups in total. The molecule has 0 heterocycles. The van der Waals surface area contributed by atoms with Crippen LogP contribution in [0.4, 0.5) is 4.39 Å². The third-order valence-corrected chi connectivity index (χ3v) is 3.62. The van der Waals surface area contributed by atoms with Crippen LogP contribution in [0.3, 0.4) is 0 Å². The van der Waals surface area contributed by atoms with Crippen LogP contribution in [0.25, 0.3) is 0 Å². The van der Waals surface area contributed by atoms with E-state index in [0.29, 0.717) is 17.4 Å². The van der Waals surface area contributed by atoms with E-state index < -0.39 is 0 Å². The molecule has 112 valence electrons. The summed E-state index contributed by atoms with van der Waals surface area (Å²) in [6.45, 7) is 2.42. The second-order valence-corrected chi connectivity index (χ2v) is 5.46. The van der Waals surface area contributed by atoms with Gasteiger partial charge < -0.3 is 10.5 Å². The van der Waals surface area contributed by atoms with Gasteiger partial charge in [0.25, 0.3) is 0 Å². The third-order valence-electron chi connectivity index (χ3n) is 3.33. The van der Waals surface area contributed by atoms with E-state index in [1.54, 1.807) is 12.1 Å². The van der Waals surface area contributed by atoms with Crippen molar-refractivity contribution >= 4 is 11.6 Å². The van der Waals surface area contributed by atoms with Crippen molar-refractivity contribution in [2.75, 3.05) is 0 Å². The Morgan fingerprint density at radius 3 is 2.43 bits per heavy atom. The van der Waals surface area contributed by atoms with Crippen molar-refractivity contribution in [3.05, 3.63) is 64.4 Å². The molecule has 0 saturated carbocycles. The van der Waals surface area contributed by atoms with Gasteiger partial charge in [0.15, 0.2) is 0 Å². The Hall–Kier alpha value is -1.58. The number of hydrogen-bond donors (Lipinski definition) is 1. The molecule has 2 aromatic rings. The number of benzene rings is 2. The largest absolute Gasteiger partial charge is 0.487 e. The lowest BCUT2D eigenvalue weighted by atomic mass is 10.0. The van der Waals surface area contributed by atoms with E-state index in [0.717, 1.165) is 24.0 Å². The second-order valence-electron chi connectivity index (χ2n) is 5.05. The topological polar surface area (TPSA) is 35.2 Å². The Morgan fingerprint density at radius 1 is 1.14 bits per heavy atom. The van der Waals surface area contributed by atoms with E-state index in [1.807, 2.05) is 18.2 Å². The Kier molecular flexibility index (Phi) is 5.59. The van der Waals surface area contributed by atoms with E-state index in [1.165, 1.54) is 12.1 Å². The van der Waals surface area contributed by atoms with Gasteiger partial charge >= 0.3 is 0 Å². The van der Waals surface area contributed by atoms with Crippen molar-refractivity contribution in [3.63, 3.8) is 0 Å². The third kappa shape index (κ3) is 4.73. The first-order valence-electron chi connectivity index (χ1n) is 6.99. The molecule has 21 heavy (non-hydrogen) atoms. The molecule has 0 fully saturated rings. The molecule has 0 aliphatic rings. The van der Waals surface area contributed by atoms with E-state index >= 15 is 0 Å². The average Bonchev–Trinajstić information content (AvgIpc) is 2.48. The second kappa shape index (κ2) is 7.43. The summed E-state index contributed by atoms with van der Waals surface area (Å²) in [5.74, 6) is 0.364. The monoisotopic (exact) mass is 307 g/mol. The van der Waals surface area contributed by atoms with Gasteiger partial charge in [-0.1, -0.05) is 36.7 Å². The van der Waals surface area contributed by atoms with Crippen molar-refractivity contribution in [3.8, 4) is 5.75 Å². The predicted molar refractivity (Wildman–Crippen MR) is 84.2 cm³/mol. The number of rotatable bonds is 6. The SMILES string of the molecule is CCC(N)Cc1ccc(OCc2ccc(F)cc2)c(Cl)c1. The summed E-state index contributed by atoms with van der Waals surface area (Å²) in [6.07, 6.45) is 1.73. The summed E-state index contributed by atoms with van der Waals surface area (Å²) in [6, 6.07) is 12.1. The van der Waals surface area contributed by atoms with Crippen LogP contribution in [-0.2, 0) is 13.0 Å². The predicted octanol–water partition coefficient (Wildman–Crippen LogP) is 4.34. The van der Waals surface area contributed by atoms with Gasteiger partial charge in [0, 0.05) is 6.04 Å². The van der Waals surface area contributed by atoms with Gasteiger partial charge in [-0.25, -0.2) is 4.39 Å². The molecule has 2 aromatic carbocycles. The molecule has 0 radical (unpaired) electrons. The van der Waals surface area contributed by atoms with E-state index in [-0.39, 0.29) is 11.9 Å². The highest BCUT2D eigenvalue weighted by atomic mass is 35.5.